The Morgan fingerprint density at radius 1 is 1.31 bits per heavy atom. The SMILES string of the molecule is CCCc1cccc(-c2cc(=S)nc[nH]2)c1. The minimum atomic E-state index is 0.620. The summed E-state index contributed by atoms with van der Waals surface area (Å²) in [6.07, 6.45) is 3.92. The Balaban J connectivity index is 2.40. The van der Waals surface area contributed by atoms with Crippen LogP contribution in [0.3, 0.4) is 0 Å². The van der Waals surface area contributed by atoms with Gasteiger partial charge in [-0.25, -0.2) is 4.98 Å². The van der Waals surface area contributed by atoms with Crippen molar-refractivity contribution in [1.82, 2.24) is 9.97 Å². The molecule has 0 spiro atoms. The zero-order valence-corrected chi connectivity index (χ0v) is 10.1. The standard InChI is InChI=1S/C13H14N2S/c1-2-4-10-5-3-6-11(7-10)12-8-13(16)15-9-14-12/h3,5-9H,2,4H2,1H3,(H,14,15,16). The maximum atomic E-state index is 5.05. The van der Waals surface area contributed by atoms with Gasteiger partial charge in [-0.05, 0) is 29.7 Å². The summed E-state index contributed by atoms with van der Waals surface area (Å²) in [5, 5.41) is 0. The fourth-order valence-electron chi connectivity index (χ4n) is 1.72. The molecule has 2 aromatic rings. The second kappa shape index (κ2) is 5.03. The lowest BCUT2D eigenvalue weighted by molar-refractivity contribution is 0.922. The first-order valence-corrected chi connectivity index (χ1v) is 5.84. The van der Waals surface area contributed by atoms with Gasteiger partial charge in [0.25, 0.3) is 0 Å². The first kappa shape index (κ1) is 11.0. The van der Waals surface area contributed by atoms with Crippen molar-refractivity contribution in [3.8, 4) is 11.3 Å². The van der Waals surface area contributed by atoms with Crippen LogP contribution in [0.15, 0.2) is 36.7 Å². The molecule has 0 amide bonds. The number of aryl methyl sites for hydroxylation is 1. The Morgan fingerprint density at radius 3 is 2.94 bits per heavy atom. The van der Waals surface area contributed by atoms with E-state index in [-0.39, 0.29) is 0 Å². The Labute approximate surface area is 100 Å². The third kappa shape index (κ3) is 2.55. The Kier molecular flexibility index (Phi) is 3.47. The molecule has 0 aliphatic heterocycles. The van der Waals surface area contributed by atoms with Crippen molar-refractivity contribution in [1.29, 1.82) is 0 Å². The molecule has 0 aliphatic carbocycles. The van der Waals surface area contributed by atoms with E-state index in [0.717, 1.165) is 18.5 Å². The largest absolute Gasteiger partial charge is 0.346 e. The van der Waals surface area contributed by atoms with Crippen molar-refractivity contribution in [3.63, 3.8) is 0 Å². The molecule has 0 saturated heterocycles. The molecule has 1 aromatic carbocycles. The van der Waals surface area contributed by atoms with Gasteiger partial charge in [-0.15, -0.1) is 0 Å². The molecule has 0 radical (unpaired) electrons. The van der Waals surface area contributed by atoms with Gasteiger partial charge >= 0.3 is 0 Å². The van der Waals surface area contributed by atoms with Gasteiger partial charge in [-0.3, -0.25) is 0 Å². The average molecular weight is 230 g/mol. The van der Waals surface area contributed by atoms with Gasteiger partial charge in [0.05, 0.1) is 6.33 Å². The molecule has 2 rings (SSSR count). The van der Waals surface area contributed by atoms with Gasteiger partial charge in [0.1, 0.15) is 4.64 Å². The van der Waals surface area contributed by atoms with Crippen LogP contribution in [-0.4, -0.2) is 9.97 Å². The topological polar surface area (TPSA) is 28.7 Å². The van der Waals surface area contributed by atoms with Crippen LogP contribution in [0.1, 0.15) is 18.9 Å². The van der Waals surface area contributed by atoms with Crippen LogP contribution >= 0.6 is 12.2 Å². The molecule has 16 heavy (non-hydrogen) atoms. The monoisotopic (exact) mass is 230 g/mol. The predicted octanol–water partition coefficient (Wildman–Crippen LogP) is 3.76. The Hall–Kier alpha value is -1.48. The summed E-state index contributed by atoms with van der Waals surface area (Å²) in [4.78, 5) is 7.10. The summed E-state index contributed by atoms with van der Waals surface area (Å²) >= 11 is 5.05. The molecule has 0 bridgehead atoms. The highest BCUT2D eigenvalue weighted by atomic mass is 32.1. The zero-order valence-electron chi connectivity index (χ0n) is 9.23. The van der Waals surface area contributed by atoms with Crippen LogP contribution in [0.5, 0.6) is 0 Å². The zero-order chi connectivity index (χ0) is 11.4. The van der Waals surface area contributed by atoms with E-state index in [1.165, 1.54) is 11.1 Å². The van der Waals surface area contributed by atoms with Crippen molar-refractivity contribution in [2.75, 3.05) is 0 Å². The van der Waals surface area contributed by atoms with E-state index in [1.54, 1.807) is 6.33 Å². The predicted molar refractivity (Wildman–Crippen MR) is 68.9 cm³/mol. The van der Waals surface area contributed by atoms with E-state index in [9.17, 15) is 0 Å². The summed E-state index contributed by atoms with van der Waals surface area (Å²) in [5.74, 6) is 0. The third-order valence-electron chi connectivity index (χ3n) is 2.46. The summed E-state index contributed by atoms with van der Waals surface area (Å²) < 4.78 is 0.620. The average Bonchev–Trinajstić information content (AvgIpc) is 2.30. The summed E-state index contributed by atoms with van der Waals surface area (Å²) in [6, 6.07) is 10.4. The highest BCUT2D eigenvalue weighted by Gasteiger charge is 1.99. The lowest BCUT2D eigenvalue weighted by Gasteiger charge is -2.04. The first-order chi connectivity index (χ1) is 7.79. The molecule has 1 heterocycles. The number of nitrogens with one attached hydrogen (secondary N) is 1. The van der Waals surface area contributed by atoms with Gasteiger partial charge in [-0.2, -0.15) is 0 Å². The number of hydrogen-bond acceptors (Lipinski definition) is 2. The van der Waals surface area contributed by atoms with Gasteiger partial charge in [0.2, 0.25) is 0 Å². The molecule has 0 atom stereocenters. The van der Waals surface area contributed by atoms with Crippen LogP contribution in [0.2, 0.25) is 0 Å². The van der Waals surface area contributed by atoms with E-state index in [0.29, 0.717) is 4.64 Å². The Morgan fingerprint density at radius 2 is 2.19 bits per heavy atom. The second-order valence-corrected chi connectivity index (χ2v) is 4.17. The van der Waals surface area contributed by atoms with Crippen LogP contribution in [0, 0.1) is 4.64 Å². The fourth-order valence-corrected chi connectivity index (χ4v) is 1.89. The molecular formula is C13H14N2S. The van der Waals surface area contributed by atoms with E-state index in [1.807, 2.05) is 6.07 Å². The highest BCUT2D eigenvalue weighted by Crippen LogP contribution is 2.18. The van der Waals surface area contributed by atoms with Crippen molar-refractivity contribution in [2.24, 2.45) is 0 Å². The Bertz CT molecular complexity index is 531. The molecule has 0 unspecified atom stereocenters. The van der Waals surface area contributed by atoms with Crippen molar-refractivity contribution < 1.29 is 0 Å². The van der Waals surface area contributed by atoms with E-state index < -0.39 is 0 Å². The van der Waals surface area contributed by atoms with E-state index >= 15 is 0 Å². The number of aromatic nitrogens is 2. The summed E-state index contributed by atoms with van der Waals surface area (Å²) in [5.41, 5.74) is 3.55. The lowest BCUT2D eigenvalue weighted by Crippen LogP contribution is -1.88. The second-order valence-electron chi connectivity index (χ2n) is 3.75. The molecule has 0 saturated carbocycles. The van der Waals surface area contributed by atoms with Gasteiger partial charge in [0, 0.05) is 5.69 Å². The quantitative estimate of drug-likeness (QED) is 0.813. The molecule has 2 nitrogen and oxygen atoms in total. The minimum Gasteiger partial charge on any atom is -0.346 e. The number of hydrogen-bond donors (Lipinski definition) is 1. The molecule has 82 valence electrons. The van der Waals surface area contributed by atoms with Gasteiger partial charge < -0.3 is 4.98 Å². The van der Waals surface area contributed by atoms with Crippen LogP contribution in [0.25, 0.3) is 11.3 Å². The fraction of sp³-hybridized carbons (Fsp3) is 0.231. The third-order valence-corrected chi connectivity index (χ3v) is 2.68. The van der Waals surface area contributed by atoms with E-state index in [4.69, 9.17) is 12.2 Å². The molecule has 3 heteroatoms. The van der Waals surface area contributed by atoms with Crippen LogP contribution < -0.4 is 0 Å². The van der Waals surface area contributed by atoms with Gasteiger partial charge in [0.15, 0.2) is 0 Å². The maximum absolute atomic E-state index is 5.05. The summed E-state index contributed by atoms with van der Waals surface area (Å²) in [7, 11) is 0. The normalized spacial score (nSPS) is 10.3. The molecule has 1 aromatic heterocycles. The minimum absolute atomic E-state index is 0.620. The van der Waals surface area contributed by atoms with Crippen molar-refractivity contribution in [2.45, 2.75) is 19.8 Å². The van der Waals surface area contributed by atoms with Crippen molar-refractivity contribution >= 4 is 12.2 Å². The first-order valence-electron chi connectivity index (χ1n) is 5.43. The number of H-pyrrole nitrogens is 1. The molecule has 1 N–H and O–H groups in total. The number of benzene rings is 1. The van der Waals surface area contributed by atoms with Gasteiger partial charge in [-0.1, -0.05) is 43.8 Å². The number of aromatic amines is 1. The number of nitrogens with zero attached hydrogens (tertiary/aromatic N) is 1. The highest BCUT2D eigenvalue weighted by molar-refractivity contribution is 7.71. The smallest absolute Gasteiger partial charge is 0.130 e. The van der Waals surface area contributed by atoms with Crippen LogP contribution in [0.4, 0.5) is 0 Å². The molecular weight excluding hydrogens is 216 g/mol. The molecule has 0 aliphatic rings. The summed E-state index contributed by atoms with van der Waals surface area (Å²) in [6.45, 7) is 2.19. The number of rotatable bonds is 3. The van der Waals surface area contributed by atoms with Crippen LogP contribution in [-0.2, 0) is 6.42 Å². The lowest BCUT2D eigenvalue weighted by atomic mass is 10.0. The van der Waals surface area contributed by atoms with Crippen molar-refractivity contribution in [3.05, 3.63) is 46.9 Å². The molecule has 0 fully saturated rings. The maximum Gasteiger partial charge on any atom is 0.130 e. The van der Waals surface area contributed by atoms with E-state index in [2.05, 4.69) is 41.2 Å².